The highest BCUT2D eigenvalue weighted by molar-refractivity contribution is 7.13. The van der Waals surface area contributed by atoms with E-state index in [4.69, 9.17) is 9.15 Å². The fourth-order valence-electron chi connectivity index (χ4n) is 2.73. The van der Waals surface area contributed by atoms with Gasteiger partial charge in [-0.05, 0) is 47.1 Å². The van der Waals surface area contributed by atoms with Crippen LogP contribution in [0.4, 0.5) is 0 Å². The number of thiazole rings is 1. The summed E-state index contributed by atoms with van der Waals surface area (Å²) in [6.45, 7) is 11.4. The standard InChI is InChI=1S/C21H31N5O4S/c1-6-22-21(24-11-8-10-23-18(27)16-13(3)9-12-30-16)26-15(5)19-25-14(4)17(31-19)20(28)29-7-2/h9,12,15H,6-8,10-11H2,1-5H3,(H,23,27)(H2,22,24,26). The molecular formula is C21H31N5O4S. The molecule has 3 N–H and O–H groups in total. The Morgan fingerprint density at radius 1 is 1.29 bits per heavy atom. The Kier molecular flexibility index (Phi) is 9.51. The lowest BCUT2D eigenvalue weighted by Gasteiger charge is -2.16. The van der Waals surface area contributed by atoms with Crippen molar-refractivity contribution in [3.63, 3.8) is 0 Å². The summed E-state index contributed by atoms with van der Waals surface area (Å²) in [6, 6.07) is 1.63. The van der Waals surface area contributed by atoms with Gasteiger partial charge in [-0.1, -0.05) is 0 Å². The van der Waals surface area contributed by atoms with Crippen LogP contribution >= 0.6 is 11.3 Å². The number of nitrogens with zero attached hydrogens (tertiary/aromatic N) is 2. The van der Waals surface area contributed by atoms with Crippen LogP contribution in [0.5, 0.6) is 0 Å². The number of esters is 1. The Morgan fingerprint density at radius 3 is 2.71 bits per heavy atom. The molecule has 0 aliphatic heterocycles. The Labute approximate surface area is 186 Å². The van der Waals surface area contributed by atoms with Gasteiger partial charge in [0.15, 0.2) is 11.7 Å². The summed E-state index contributed by atoms with van der Waals surface area (Å²) in [4.78, 5) is 33.7. The Hall–Kier alpha value is -2.88. The predicted molar refractivity (Wildman–Crippen MR) is 121 cm³/mol. The van der Waals surface area contributed by atoms with E-state index in [1.54, 1.807) is 19.9 Å². The molecule has 0 spiro atoms. The molecular weight excluding hydrogens is 418 g/mol. The van der Waals surface area contributed by atoms with Crippen molar-refractivity contribution in [1.29, 1.82) is 0 Å². The zero-order chi connectivity index (χ0) is 22.8. The summed E-state index contributed by atoms with van der Waals surface area (Å²) in [5.41, 5.74) is 1.48. The lowest BCUT2D eigenvalue weighted by molar-refractivity contribution is 0.0531. The van der Waals surface area contributed by atoms with Gasteiger partial charge in [-0.15, -0.1) is 11.3 Å². The first-order valence-electron chi connectivity index (χ1n) is 10.4. The van der Waals surface area contributed by atoms with Gasteiger partial charge in [-0.3, -0.25) is 9.79 Å². The number of ether oxygens (including phenoxy) is 1. The number of aryl methyl sites for hydroxylation is 2. The molecule has 1 atom stereocenters. The first-order valence-corrected chi connectivity index (χ1v) is 11.2. The van der Waals surface area contributed by atoms with Crippen LogP contribution < -0.4 is 16.0 Å². The number of furan rings is 1. The molecule has 1 unspecified atom stereocenters. The second-order valence-corrected chi connectivity index (χ2v) is 7.89. The molecule has 2 rings (SSSR count). The molecule has 0 fully saturated rings. The van der Waals surface area contributed by atoms with E-state index in [1.807, 2.05) is 20.8 Å². The van der Waals surface area contributed by atoms with Gasteiger partial charge in [-0.25, -0.2) is 9.78 Å². The van der Waals surface area contributed by atoms with Crippen molar-refractivity contribution in [2.75, 3.05) is 26.2 Å². The summed E-state index contributed by atoms with van der Waals surface area (Å²) in [5.74, 6) is 0.423. The number of hydrogen-bond acceptors (Lipinski definition) is 7. The first kappa shape index (κ1) is 24.4. The second kappa shape index (κ2) is 12.1. The first-order chi connectivity index (χ1) is 14.9. The molecule has 31 heavy (non-hydrogen) atoms. The lowest BCUT2D eigenvalue weighted by atomic mass is 10.2. The molecule has 0 radical (unpaired) electrons. The van der Waals surface area contributed by atoms with Crippen molar-refractivity contribution in [2.45, 2.75) is 47.1 Å². The highest BCUT2D eigenvalue weighted by Gasteiger charge is 2.20. The number of rotatable bonds is 10. The number of amides is 1. The van der Waals surface area contributed by atoms with Crippen molar-refractivity contribution < 1.29 is 18.7 Å². The quantitative estimate of drug-likeness (QED) is 0.221. The molecule has 0 bridgehead atoms. The highest BCUT2D eigenvalue weighted by Crippen LogP contribution is 2.24. The SMILES string of the molecule is CCNC(=NCCCNC(=O)c1occc1C)NC(C)c1nc(C)c(C(=O)OCC)s1. The molecule has 0 saturated heterocycles. The topological polar surface area (TPSA) is 118 Å². The molecule has 0 saturated carbocycles. The van der Waals surface area contributed by atoms with Gasteiger partial charge >= 0.3 is 5.97 Å². The third-order valence-corrected chi connectivity index (χ3v) is 5.62. The van der Waals surface area contributed by atoms with Crippen LogP contribution in [-0.2, 0) is 4.74 Å². The van der Waals surface area contributed by atoms with Crippen molar-refractivity contribution in [2.24, 2.45) is 4.99 Å². The minimum absolute atomic E-state index is 0.133. The normalized spacial score (nSPS) is 12.4. The van der Waals surface area contributed by atoms with Gasteiger partial charge in [0.25, 0.3) is 5.91 Å². The molecule has 2 aromatic rings. The number of guanidine groups is 1. The molecule has 2 aromatic heterocycles. The van der Waals surface area contributed by atoms with Crippen LogP contribution in [0, 0.1) is 13.8 Å². The van der Waals surface area contributed by atoms with Gasteiger partial charge in [0.2, 0.25) is 0 Å². The van der Waals surface area contributed by atoms with Crippen LogP contribution in [-0.4, -0.2) is 49.1 Å². The van der Waals surface area contributed by atoms with Crippen LogP contribution in [0.25, 0.3) is 0 Å². The number of hydrogen-bond donors (Lipinski definition) is 3. The van der Waals surface area contributed by atoms with Crippen molar-refractivity contribution in [3.8, 4) is 0 Å². The molecule has 170 valence electrons. The molecule has 1 amide bonds. The summed E-state index contributed by atoms with van der Waals surface area (Å²) in [5, 5.41) is 10.1. The van der Waals surface area contributed by atoms with E-state index >= 15 is 0 Å². The maximum absolute atomic E-state index is 12.0. The zero-order valence-electron chi connectivity index (χ0n) is 18.7. The highest BCUT2D eigenvalue weighted by atomic mass is 32.1. The van der Waals surface area contributed by atoms with Crippen LogP contribution in [0.15, 0.2) is 21.7 Å². The average Bonchev–Trinajstić information content (AvgIpc) is 3.33. The summed E-state index contributed by atoms with van der Waals surface area (Å²) in [7, 11) is 0. The Morgan fingerprint density at radius 2 is 2.06 bits per heavy atom. The minimum atomic E-state index is -0.344. The minimum Gasteiger partial charge on any atom is -0.462 e. The zero-order valence-corrected chi connectivity index (χ0v) is 19.5. The molecule has 9 nitrogen and oxygen atoms in total. The maximum Gasteiger partial charge on any atom is 0.350 e. The molecule has 10 heteroatoms. The van der Waals surface area contributed by atoms with Gasteiger partial charge < -0.3 is 25.1 Å². The fraction of sp³-hybridized carbons (Fsp3) is 0.524. The number of aliphatic imine (C=N–C) groups is 1. The summed E-state index contributed by atoms with van der Waals surface area (Å²) in [6.07, 6.45) is 2.18. The largest absolute Gasteiger partial charge is 0.462 e. The average molecular weight is 450 g/mol. The Balaban J connectivity index is 1.87. The van der Waals surface area contributed by atoms with Crippen LogP contribution in [0.1, 0.15) is 69.7 Å². The van der Waals surface area contributed by atoms with Crippen LogP contribution in [0.2, 0.25) is 0 Å². The van der Waals surface area contributed by atoms with E-state index in [0.29, 0.717) is 55.0 Å². The summed E-state index contributed by atoms with van der Waals surface area (Å²) < 4.78 is 10.3. The van der Waals surface area contributed by atoms with E-state index in [1.165, 1.54) is 17.6 Å². The summed E-state index contributed by atoms with van der Waals surface area (Å²) >= 11 is 1.32. The number of aromatic nitrogens is 1. The Bertz CT molecular complexity index is 905. The molecule has 0 aliphatic rings. The van der Waals surface area contributed by atoms with Crippen LogP contribution in [0.3, 0.4) is 0 Å². The fourth-order valence-corrected chi connectivity index (χ4v) is 3.70. The number of carbonyl (C=O) groups excluding carboxylic acids is 2. The van der Waals surface area contributed by atoms with E-state index < -0.39 is 0 Å². The molecule has 2 heterocycles. The van der Waals surface area contributed by atoms with Gasteiger partial charge in [0.05, 0.1) is 24.6 Å². The van der Waals surface area contributed by atoms with Gasteiger partial charge in [0, 0.05) is 25.2 Å². The van der Waals surface area contributed by atoms with Crippen molar-refractivity contribution in [3.05, 3.63) is 39.2 Å². The van der Waals surface area contributed by atoms with Gasteiger partial charge in [-0.2, -0.15) is 0 Å². The lowest BCUT2D eigenvalue weighted by Crippen LogP contribution is -2.39. The van der Waals surface area contributed by atoms with E-state index in [0.717, 1.165) is 10.6 Å². The van der Waals surface area contributed by atoms with E-state index in [-0.39, 0.29) is 17.9 Å². The molecule has 0 aliphatic carbocycles. The predicted octanol–water partition coefficient (Wildman–Crippen LogP) is 2.97. The monoisotopic (exact) mass is 449 g/mol. The van der Waals surface area contributed by atoms with E-state index in [9.17, 15) is 9.59 Å². The smallest absolute Gasteiger partial charge is 0.350 e. The van der Waals surface area contributed by atoms with Gasteiger partial charge in [0.1, 0.15) is 9.88 Å². The van der Waals surface area contributed by atoms with E-state index in [2.05, 4.69) is 25.9 Å². The number of nitrogens with one attached hydrogen (secondary N) is 3. The third-order valence-electron chi connectivity index (χ3n) is 4.30. The second-order valence-electron chi connectivity index (χ2n) is 6.86. The third kappa shape index (κ3) is 7.09. The molecule has 0 aromatic carbocycles. The maximum atomic E-state index is 12.0. The number of carbonyl (C=O) groups is 2. The van der Waals surface area contributed by atoms with Crippen molar-refractivity contribution >= 4 is 29.2 Å². The van der Waals surface area contributed by atoms with Crippen molar-refractivity contribution in [1.82, 2.24) is 20.9 Å².